The molecule has 0 bridgehead atoms. The minimum absolute atomic E-state index is 0.172. The van der Waals surface area contributed by atoms with Gasteiger partial charge in [0.25, 0.3) is 0 Å². The Morgan fingerprint density at radius 1 is 1.00 bits per heavy atom. The number of nitrogens with zero attached hydrogens (tertiary/aromatic N) is 1. The van der Waals surface area contributed by atoms with Crippen LogP contribution in [0.3, 0.4) is 0 Å². The number of hydrogen-bond acceptors (Lipinski definition) is 4. The van der Waals surface area contributed by atoms with Crippen molar-refractivity contribution in [2.45, 2.75) is 11.1 Å². The van der Waals surface area contributed by atoms with Gasteiger partial charge in [-0.25, -0.2) is 8.42 Å². The van der Waals surface area contributed by atoms with Gasteiger partial charge in [-0.1, -0.05) is 12.1 Å². The van der Waals surface area contributed by atoms with Crippen molar-refractivity contribution in [2.75, 3.05) is 6.26 Å². The average molecular weight is 382 g/mol. The highest BCUT2D eigenvalue weighted by atomic mass is 32.2. The number of halogens is 3. The summed E-state index contributed by atoms with van der Waals surface area (Å²) in [5.41, 5.74) is 0.329. The van der Waals surface area contributed by atoms with E-state index in [1.165, 1.54) is 30.5 Å². The molecule has 0 spiro atoms. The molecule has 136 valence electrons. The van der Waals surface area contributed by atoms with Crippen molar-refractivity contribution in [1.82, 2.24) is 10.2 Å². The van der Waals surface area contributed by atoms with Crippen LogP contribution in [-0.4, -0.2) is 24.9 Å². The second-order valence-electron chi connectivity index (χ2n) is 5.53. The highest BCUT2D eigenvalue weighted by Gasteiger charge is 2.30. The predicted molar refractivity (Wildman–Crippen MR) is 88.7 cm³/mol. The molecule has 3 rings (SSSR count). The number of rotatable bonds is 4. The zero-order valence-corrected chi connectivity index (χ0v) is 14.2. The molecule has 5 nitrogen and oxygen atoms in total. The second-order valence-corrected chi connectivity index (χ2v) is 7.55. The largest absolute Gasteiger partial charge is 0.453 e. The van der Waals surface area contributed by atoms with E-state index in [0.717, 1.165) is 18.4 Å². The Bertz CT molecular complexity index is 1010. The molecular formula is C17H13F3N2O3S. The smallest absolute Gasteiger partial charge is 0.416 e. The van der Waals surface area contributed by atoms with Gasteiger partial charge >= 0.3 is 6.18 Å². The first-order valence-electron chi connectivity index (χ1n) is 7.33. The third-order valence-corrected chi connectivity index (χ3v) is 4.71. The molecule has 1 heterocycles. The van der Waals surface area contributed by atoms with Crippen molar-refractivity contribution in [1.29, 1.82) is 0 Å². The van der Waals surface area contributed by atoms with Crippen molar-refractivity contribution in [2.24, 2.45) is 0 Å². The lowest BCUT2D eigenvalue weighted by Crippen LogP contribution is -2.04. The number of ether oxygens (including phenoxy) is 1. The van der Waals surface area contributed by atoms with E-state index in [4.69, 9.17) is 4.74 Å². The van der Waals surface area contributed by atoms with Gasteiger partial charge in [0, 0.05) is 11.8 Å². The minimum Gasteiger partial charge on any atom is -0.453 e. The zero-order chi connectivity index (χ0) is 18.9. The molecule has 0 saturated heterocycles. The van der Waals surface area contributed by atoms with Gasteiger partial charge in [0.2, 0.25) is 0 Å². The molecule has 0 atom stereocenters. The first-order chi connectivity index (χ1) is 12.1. The van der Waals surface area contributed by atoms with Gasteiger partial charge < -0.3 is 4.74 Å². The van der Waals surface area contributed by atoms with E-state index in [0.29, 0.717) is 17.0 Å². The highest BCUT2D eigenvalue weighted by molar-refractivity contribution is 7.90. The lowest BCUT2D eigenvalue weighted by atomic mass is 10.1. The summed E-state index contributed by atoms with van der Waals surface area (Å²) in [5.74, 6) is 0.519. The first-order valence-corrected chi connectivity index (χ1v) is 9.23. The van der Waals surface area contributed by atoms with Gasteiger partial charge in [-0.2, -0.15) is 18.3 Å². The van der Waals surface area contributed by atoms with Crippen LogP contribution in [0.2, 0.25) is 0 Å². The summed E-state index contributed by atoms with van der Waals surface area (Å²) in [6.45, 7) is 0. The van der Waals surface area contributed by atoms with Gasteiger partial charge in [0.05, 0.1) is 16.7 Å². The molecule has 9 heteroatoms. The molecular weight excluding hydrogens is 369 g/mol. The van der Waals surface area contributed by atoms with Gasteiger partial charge in [0.15, 0.2) is 15.6 Å². The third kappa shape index (κ3) is 3.88. The van der Waals surface area contributed by atoms with Crippen molar-refractivity contribution < 1.29 is 26.3 Å². The van der Waals surface area contributed by atoms with Crippen LogP contribution in [0, 0.1) is 0 Å². The normalized spacial score (nSPS) is 12.2. The molecule has 0 radical (unpaired) electrons. The zero-order valence-electron chi connectivity index (χ0n) is 13.4. The summed E-state index contributed by atoms with van der Waals surface area (Å²) >= 11 is 0. The molecule has 0 fully saturated rings. The number of alkyl halides is 3. The Labute approximate surface area is 147 Å². The van der Waals surface area contributed by atoms with Crippen LogP contribution in [0.1, 0.15) is 5.56 Å². The summed E-state index contributed by atoms with van der Waals surface area (Å²) in [5, 5.41) is 6.61. The summed E-state index contributed by atoms with van der Waals surface area (Å²) in [4.78, 5) is 0.172. The number of sulfone groups is 1. The summed E-state index contributed by atoms with van der Waals surface area (Å²) in [6.07, 6.45) is -1.92. The van der Waals surface area contributed by atoms with Gasteiger partial charge in [0.1, 0.15) is 11.4 Å². The van der Waals surface area contributed by atoms with Crippen LogP contribution in [0.4, 0.5) is 13.2 Å². The number of aromatic amines is 1. The maximum absolute atomic E-state index is 12.6. The summed E-state index contributed by atoms with van der Waals surface area (Å²) in [6, 6.07) is 10.4. The van der Waals surface area contributed by atoms with Crippen molar-refractivity contribution >= 4 is 9.84 Å². The molecule has 0 saturated carbocycles. The molecule has 0 unspecified atom stereocenters. The molecule has 0 amide bonds. The van der Waals surface area contributed by atoms with E-state index in [1.54, 1.807) is 12.1 Å². The Balaban J connectivity index is 1.85. The molecule has 1 N–H and O–H groups in total. The van der Waals surface area contributed by atoms with Crippen LogP contribution < -0.4 is 4.74 Å². The minimum atomic E-state index is -4.42. The molecule has 0 aliphatic heterocycles. The van der Waals surface area contributed by atoms with Gasteiger partial charge in [-0.05, 0) is 36.4 Å². The van der Waals surface area contributed by atoms with E-state index >= 15 is 0 Å². The molecule has 3 aromatic rings. The van der Waals surface area contributed by atoms with Crippen LogP contribution in [0.25, 0.3) is 11.3 Å². The Morgan fingerprint density at radius 3 is 2.15 bits per heavy atom. The molecule has 0 aliphatic carbocycles. The monoisotopic (exact) mass is 382 g/mol. The fourth-order valence-electron chi connectivity index (χ4n) is 2.27. The molecule has 26 heavy (non-hydrogen) atoms. The van der Waals surface area contributed by atoms with Crippen LogP contribution in [-0.2, 0) is 16.0 Å². The Kier molecular flexibility index (Phi) is 4.49. The lowest BCUT2D eigenvalue weighted by molar-refractivity contribution is -0.137. The van der Waals surface area contributed by atoms with Crippen molar-refractivity contribution in [3.63, 3.8) is 0 Å². The fraction of sp³-hybridized carbons (Fsp3) is 0.118. The SMILES string of the molecule is CS(=O)(=O)c1ccc(-c2[nH]ncc2Oc2ccc(C(F)(F)F)cc2)cc1. The van der Waals surface area contributed by atoms with Crippen molar-refractivity contribution in [3.05, 3.63) is 60.3 Å². The average Bonchev–Trinajstić information content (AvgIpc) is 3.02. The van der Waals surface area contributed by atoms with Crippen LogP contribution in [0.5, 0.6) is 11.5 Å². The number of hydrogen-bond donors (Lipinski definition) is 1. The van der Waals surface area contributed by atoms with E-state index in [2.05, 4.69) is 10.2 Å². The highest BCUT2D eigenvalue weighted by Crippen LogP contribution is 2.34. The topological polar surface area (TPSA) is 72.0 Å². The van der Waals surface area contributed by atoms with E-state index in [9.17, 15) is 21.6 Å². The maximum atomic E-state index is 12.6. The Hall–Kier alpha value is -2.81. The number of nitrogens with one attached hydrogen (secondary N) is 1. The second kappa shape index (κ2) is 6.49. The Morgan fingerprint density at radius 2 is 1.62 bits per heavy atom. The van der Waals surface area contributed by atoms with E-state index in [1.807, 2.05) is 0 Å². The van der Waals surface area contributed by atoms with E-state index in [-0.39, 0.29) is 10.6 Å². The fourth-order valence-corrected chi connectivity index (χ4v) is 2.90. The number of aromatic nitrogens is 2. The third-order valence-electron chi connectivity index (χ3n) is 3.59. The lowest BCUT2D eigenvalue weighted by Gasteiger charge is -2.09. The molecule has 0 aliphatic rings. The van der Waals surface area contributed by atoms with Crippen molar-refractivity contribution in [3.8, 4) is 22.8 Å². The quantitative estimate of drug-likeness (QED) is 0.731. The first kappa shape index (κ1) is 18.0. The summed E-state index contributed by atoms with van der Waals surface area (Å²) < 4.78 is 66.4. The van der Waals surface area contributed by atoms with E-state index < -0.39 is 21.6 Å². The van der Waals surface area contributed by atoms with Gasteiger partial charge in [-0.3, -0.25) is 5.10 Å². The number of benzene rings is 2. The number of H-pyrrole nitrogens is 1. The standard InChI is InChI=1S/C17H13F3N2O3S/c1-26(23,24)14-8-2-11(3-9-14)16-15(10-21-22-16)25-13-6-4-12(5-7-13)17(18,19)20/h2-10H,1H3,(H,21,22). The van der Waals surface area contributed by atoms with Crippen LogP contribution >= 0.6 is 0 Å². The molecule has 1 aromatic heterocycles. The summed E-state index contributed by atoms with van der Waals surface area (Å²) in [7, 11) is -3.31. The molecule has 2 aromatic carbocycles. The van der Waals surface area contributed by atoms with Crippen LogP contribution in [0.15, 0.2) is 59.6 Å². The van der Waals surface area contributed by atoms with Gasteiger partial charge in [-0.15, -0.1) is 0 Å². The maximum Gasteiger partial charge on any atom is 0.416 e. The predicted octanol–water partition coefficient (Wildman–Crippen LogP) is 4.29.